The molecule has 2 aromatic carbocycles. The molecule has 3 atom stereocenters. The van der Waals surface area contributed by atoms with Crippen LogP contribution in [-0.2, 0) is 23.5 Å². The Morgan fingerprint density at radius 1 is 0.927 bits per heavy atom. The molecule has 4 rings (SSSR count). The van der Waals surface area contributed by atoms with Crippen LogP contribution in [0, 0.1) is 22.7 Å². The van der Waals surface area contributed by atoms with E-state index in [0.717, 1.165) is 28.8 Å². The van der Waals surface area contributed by atoms with Gasteiger partial charge in [0.05, 0.1) is 13.2 Å². The first kappa shape index (κ1) is 31.0. The van der Waals surface area contributed by atoms with Crippen molar-refractivity contribution in [1.29, 1.82) is 0 Å². The quantitative estimate of drug-likeness (QED) is 0.138. The van der Waals surface area contributed by atoms with E-state index in [1.165, 1.54) is 0 Å². The first-order chi connectivity index (χ1) is 19.5. The summed E-state index contributed by atoms with van der Waals surface area (Å²) in [5.41, 5.74) is -0.609. The predicted octanol–water partition coefficient (Wildman–Crippen LogP) is 6.22. The van der Waals surface area contributed by atoms with Gasteiger partial charge in [-0.3, -0.25) is 9.59 Å². The van der Waals surface area contributed by atoms with Crippen molar-refractivity contribution in [3.05, 3.63) is 85.0 Å². The summed E-state index contributed by atoms with van der Waals surface area (Å²) in [5, 5.41) is 2.06. The van der Waals surface area contributed by atoms with E-state index in [9.17, 15) is 9.59 Å². The zero-order valence-corrected chi connectivity index (χ0v) is 26.6. The summed E-state index contributed by atoms with van der Waals surface area (Å²) in [4.78, 5) is 28.1. The largest absolute Gasteiger partial charge is 0.465 e. The van der Waals surface area contributed by atoms with Crippen molar-refractivity contribution < 1.29 is 23.5 Å². The molecule has 0 radical (unpaired) electrons. The number of allylic oxidation sites excluding steroid dienone is 3. The summed E-state index contributed by atoms with van der Waals surface area (Å²) in [6, 6.07) is 20.8. The predicted molar refractivity (Wildman–Crippen MR) is 166 cm³/mol. The second kappa shape index (κ2) is 12.1. The van der Waals surface area contributed by atoms with Gasteiger partial charge in [-0.25, -0.2) is 0 Å². The molecular weight excluding hydrogens is 528 g/mol. The lowest BCUT2D eigenvalue weighted by Gasteiger charge is -2.44. The lowest BCUT2D eigenvalue weighted by atomic mass is 9.64. The molecule has 220 valence electrons. The fraction of sp³-hybridized carbons (Fsp3) is 0.486. The van der Waals surface area contributed by atoms with Gasteiger partial charge in [-0.15, -0.1) is 0 Å². The second-order valence-corrected chi connectivity index (χ2v) is 17.0. The SMILES string of the molecule is C=C1CC[C@@]2(C)C=C[C@H](C(CCO[Si](c3ccccc3)(c3ccccc3)C(C)(C)C)(C(=O)OCC)C(=O)OCC)[C@@H]12. The van der Waals surface area contributed by atoms with E-state index in [-0.39, 0.29) is 42.6 Å². The Morgan fingerprint density at radius 3 is 1.90 bits per heavy atom. The van der Waals surface area contributed by atoms with Crippen LogP contribution in [0.2, 0.25) is 5.04 Å². The van der Waals surface area contributed by atoms with Gasteiger partial charge in [-0.2, -0.15) is 0 Å². The third-order valence-corrected chi connectivity index (χ3v) is 14.3. The second-order valence-electron chi connectivity index (χ2n) is 12.7. The normalized spacial score (nSPS) is 22.4. The minimum absolute atomic E-state index is 0.0378. The fourth-order valence-corrected chi connectivity index (χ4v) is 11.9. The van der Waals surface area contributed by atoms with Gasteiger partial charge in [0.2, 0.25) is 0 Å². The number of ether oxygens (including phenoxy) is 2. The molecule has 0 heterocycles. The molecule has 0 aromatic heterocycles. The number of carbonyl (C=O) groups is 2. The molecule has 41 heavy (non-hydrogen) atoms. The summed E-state index contributed by atoms with van der Waals surface area (Å²) in [6.07, 6.45) is 6.21. The van der Waals surface area contributed by atoms with Gasteiger partial charge in [0.25, 0.3) is 8.32 Å². The third-order valence-electron chi connectivity index (χ3n) is 9.26. The number of benzene rings is 2. The molecular formula is C35H46O5Si. The highest BCUT2D eigenvalue weighted by Crippen LogP contribution is 2.60. The summed E-state index contributed by atoms with van der Waals surface area (Å²) in [5.74, 6) is -1.53. The standard InChI is InChI=1S/C35H46O5Si/c1-8-38-31(36)35(32(37)39-9-2,29-21-23-34(7)22-20-26(3)30(29)34)24-25-40-41(33(4,5)6,27-16-12-10-13-17-27)28-18-14-11-15-19-28/h10-19,21,23,29-30H,3,8-9,20,22,24-25H2,1-2,4-7H3/t29-,30+,34-/m0/s1. The fourth-order valence-electron chi connectivity index (χ4n) is 7.31. The van der Waals surface area contributed by atoms with Crippen molar-refractivity contribution in [2.24, 2.45) is 22.7 Å². The van der Waals surface area contributed by atoms with Crippen LogP contribution in [0.15, 0.2) is 85.0 Å². The van der Waals surface area contributed by atoms with Crippen molar-refractivity contribution in [3.63, 3.8) is 0 Å². The lowest BCUT2D eigenvalue weighted by molar-refractivity contribution is -0.178. The first-order valence-electron chi connectivity index (χ1n) is 14.9. The zero-order valence-electron chi connectivity index (χ0n) is 25.6. The van der Waals surface area contributed by atoms with Gasteiger partial charge in [0.1, 0.15) is 0 Å². The van der Waals surface area contributed by atoms with Crippen molar-refractivity contribution in [3.8, 4) is 0 Å². The molecule has 2 aromatic rings. The van der Waals surface area contributed by atoms with Gasteiger partial charge >= 0.3 is 11.9 Å². The Bertz CT molecular complexity index is 1200. The van der Waals surface area contributed by atoms with E-state index in [4.69, 9.17) is 13.9 Å². The third kappa shape index (κ3) is 5.37. The molecule has 0 unspecified atom stereocenters. The number of carbonyl (C=O) groups excluding carboxylic acids is 2. The van der Waals surface area contributed by atoms with E-state index in [0.29, 0.717) is 0 Å². The van der Waals surface area contributed by atoms with Crippen LogP contribution in [0.4, 0.5) is 0 Å². The molecule has 1 fully saturated rings. The van der Waals surface area contributed by atoms with Gasteiger partial charge in [-0.05, 0) is 59.9 Å². The molecule has 2 aliphatic rings. The zero-order chi connectivity index (χ0) is 29.9. The van der Waals surface area contributed by atoms with E-state index in [1.54, 1.807) is 13.8 Å². The van der Waals surface area contributed by atoms with E-state index >= 15 is 0 Å². The van der Waals surface area contributed by atoms with E-state index in [1.807, 2.05) is 42.5 Å². The average molecular weight is 575 g/mol. The topological polar surface area (TPSA) is 61.8 Å². The maximum absolute atomic E-state index is 14.0. The van der Waals surface area contributed by atoms with Crippen molar-refractivity contribution in [2.45, 2.75) is 65.8 Å². The van der Waals surface area contributed by atoms with Crippen LogP contribution >= 0.6 is 0 Å². The number of fused-ring (bicyclic) bond motifs is 1. The molecule has 0 N–H and O–H groups in total. The minimum Gasteiger partial charge on any atom is -0.465 e. The average Bonchev–Trinajstić information content (AvgIpc) is 3.44. The van der Waals surface area contributed by atoms with Crippen molar-refractivity contribution >= 4 is 30.6 Å². The number of esters is 2. The van der Waals surface area contributed by atoms with Crippen molar-refractivity contribution in [2.75, 3.05) is 19.8 Å². The van der Waals surface area contributed by atoms with Gasteiger partial charge in [0.15, 0.2) is 5.41 Å². The first-order valence-corrected chi connectivity index (χ1v) is 16.8. The summed E-state index contributed by atoms with van der Waals surface area (Å²) in [6.45, 7) is 17.3. The Balaban J connectivity index is 1.81. The Hall–Kier alpha value is -2.96. The molecule has 2 aliphatic carbocycles. The van der Waals surface area contributed by atoms with Gasteiger partial charge in [0, 0.05) is 12.5 Å². The molecule has 0 aliphatic heterocycles. The highest BCUT2D eigenvalue weighted by Gasteiger charge is 2.62. The van der Waals surface area contributed by atoms with Gasteiger partial charge < -0.3 is 13.9 Å². The van der Waals surface area contributed by atoms with Crippen LogP contribution in [0.25, 0.3) is 0 Å². The highest BCUT2D eigenvalue weighted by atomic mass is 28.4. The van der Waals surface area contributed by atoms with Crippen LogP contribution < -0.4 is 10.4 Å². The molecule has 5 nitrogen and oxygen atoms in total. The van der Waals surface area contributed by atoms with Crippen LogP contribution in [-0.4, -0.2) is 40.1 Å². The van der Waals surface area contributed by atoms with Crippen molar-refractivity contribution in [1.82, 2.24) is 0 Å². The number of hydrogen-bond acceptors (Lipinski definition) is 5. The van der Waals surface area contributed by atoms with Crippen LogP contribution in [0.3, 0.4) is 0 Å². The molecule has 0 saturated heterocycles. The Morgan fingerprint density at radius 2 is 1.44 bits per heavy atom. The Labute approximate surface area is 247 Å². The summed E-state index contributed by atoms with van der Waals surface area (Å²) < 4.78 is 18.5. The maximum Gasteiger partial charge on any atom is 0.324 e. The van der Waals surface area contributed by atoms with Crippen LogP contribution in [0.5, 0.6) is 0 Å². The minimum atomic E-state index is -2.89. The van der Waals surface area contributed by atoms with Gasteiger partial charge in [-0.1, -0.05) is 113 Å². The van der Waals surface area contributed by atoms with E-state index in [2.05, 4.69) is 64.6 Å². The number of hydrogen-bond donors (Lipinski definition) is 0. The summed E-state index contributed by atoms with van der Waals surface area (Å²) >= 11 is 0. The highest BCUT2D eigenvalue weighted by molar-refractivity contribution is 6.99. The smallest absolute Gasteiger partial charge is 0.324 e. The van der Waals surface area contributed by atoms with Crippen LogP contribution in [0.1, 0.15) is 60.8 Å². The lowest BCUT2D eigenvalue weighted by Crippen LogP contribution is -2.67. The molecule has 0 amide bonds. The molecule has 0 bridgehead atoms. The molecule has 0 spiro atoms. The molecule has 6 heteroatoms. The Kier molecular flexibility index (Phi) is 9.15. The number of rotatable bonds is 11. The van der Waals surface area contributed by atoms with E-state index < -0.39 is 31.6 Å². The molecule has 1 saturated carbocycles. The maximum atomic E-state index is 14.0. The summed E-state index contributed by atoms with van der Waals surface area (Å²) in [7, 11) is -2.89. The monoisotopic (exact) mass is 574 g/mol.